The average molecular weight is 577 g/mol. The molecule has 2 heterocycles. The highest BCUT2D eigenvalue weighted by molar-refractivity contribution is 8.13. The van der Waals surface area contributed by atoms with Crippen molar-refractivity contribution in [1.82, 2.24) is 9.97 Å². The number of pyridine rings is 1. The minimum absolute atomic E-state index is 0.00514. The second-order valence-corrected chi connectivity index (χ2v) is 11.8. The van der Waals surface area contributed by atoms with Gasteiger partial charge in [-0.1, -0.05) is 30.0 Å². The van der Waals surface area contributed by atoms with Crippen molar-refractivity contribution in [2.24, 2.45) is 0 Å². The van der Waals surface area contributed by atoms with Crippen LogP contribution in [-0.2, 0) is 21.4 Å². The van der Waals surface area contributed by atoms with Gasteiger partial charge in [0.05, 0.1) is 10.5 Å². The summed E-state index contributed by atoms with van der Waals surface area (Å²) in [6.45, 7) is 4.28. The van der Waals surface area contributed by atoms with Crippen molar-refractivity contribution in [3.05, 3.63) is 102 Å². The topological polar surface area (TPSA) is 122 Å². The number of aryl methyl sites for hydroxylation is 3. The zero-order valence-electron chi connectivity index (χ0n) is 22.2. The van der Waals surface area contributed by atoms with Crippen LogP contribution in [0.2, 0.25) is 0 Å². The average Bonchev–Trinajstić information content (AvgIpc) is 2.91. The molecule has 0 aliphatic carbocycles. The number of aromatic nitrogens is 3. The lowest BCUT2D eigenvalue weighted by Crippen LogP contribution is -2.32. The molecule has 0 atom stereocenters. The number of hydrogen-bond donors (Lipinski definition) is 2. The van der Waals surface area contributed by atoms with Gasteiger partial charge in [-0.3, -0.25) is 14.3 Å². The first kappa shape index (κ1) is 28.9. The van der Waals surface area contributed by atoms with Crippen LogP contribution in [0.25, 0.3) is 0 Å². The maximum atomic E-state index is 13.0. The zero-order valence-corrected chi connectivity index (χ0v) is 23.8. The van der Waals surface area contributed by atoms with Gasteiger partial charge in [-0.2, -0.15) is 0 Å². The Morgan fingerprint density at radius 2 is 1.62 bits per heavy atom. The smallest absolute Gasteiger partial charge is 0.263 e. The number of carbonyl (C=O) groups excluding carboxylic acids is 2. The number of carbonyl (C=O) groups is 2. The number of amides is 1. The van der Waals surface area contributed by atoms with E-state index in [1.165, 1.54) is 24.3 Å². The molecule has 0 bridgehead atoms. The van der Waals surface area contributed by atoms with Crippen molar-refractivity contribution in [3.8, 4) is 0 Å². The molecule has 2 aromatic heterocycles. The van der Waals surface area contributed by atoms with Gasteiger partial charge in [0.15, 0.2) is 17.5 Å². The molecule has 1 amide bonds. The molecule has 0 radical (unpaired) electrons. The number of anilines is 2. The van der Waals surface area contributed by atoms with Gasteiger partial charge in [-0.05, 0) is 56.7 Å². The number of thioether (sulfide) groups is 1. The lowest BCUT2D eigenvalue weighted by Gasteiger charge is -2.11. The molecule has 0 saturated carbocycles. The highest BCUT2D eigenvalue weighted by Crippen LogP contribution is 2.26. The van der Waals surface area contributed by atoms with Gasteiger partial charge >= 0.3 is 0 Å². The van der Waals surface area contributed by atoms with Crippen LogP contribution >= 0.6 is 11.8 Å². The fourth-order valence-electron chi connectivity index (χ4n) is 3.95. The van der Waals surface area contributed by atoms with E-state index in [0.717, 1.165) is 31.1 Å². The molecule has 11 heteroatoms. The van der Waals surface area contributed by atoms with Crippen molar-refractivity contribution in [1.29, 1.82) is 0 Å². The molecule has 2 N–H and O–H groups in total. The third kappa shape index (κ3) is 8.20. The van der Waals surface area contributed by atoms with E-state index in [9.17, 15) is 18.0 Å². The van der Waals surface area contributed by atoms with E-state index < -0.39 is 15.9 Å². The third-order valence-corrected chi connectivity index (χ3v) is 8.19. The Hall–Kier alpha value is -4.09. The van der Waals surface area contributed by atoms with E-state index in [2.05, 4.69) is 24.6 Å². The largest absolute Gasteiger partial charge is 0.322 e. The Morgan fingerprint density at radius 1 is 0.900 bits per heavy atom. The second-order valence-electron chi connectivity index (χ2n) is 9.07. The second kappa shape index (κ2) is 13.3. The Kier molecular flexibility index (Phi) is 9.62. The van der Waals surface area contributed by atoms with Gasteiger partial charge in [-0.25, -0.2) is 23.0 Å². The minimum Gasteiger partial charge on any atom is -0.322 e. The normalized spacial score (nSPS) is 11.2. The van der Waals surface area contributed by atoms with Gasteiger partial charge in [0, 0.05) is 47.3 Å². The third-order valence-electron chi connectivity index (χ3n) is 5.81. The van der Waals surface area contributed by atoms with E-state index in [4.69, 9.17) is 0 Å². The maximum Gasteiger partial charge on any atom is 0.263 e. The first-order valence-corrected chi connectivity index (χ1v) is 15.0. The number of benzene rings is 2. The Balaban J connectivity index is 1.34. The summed E-state index contributed by atoms with van der Waals surface area (Å²) < 4.78 is 30.1. The molecule has 0 saturated heterocycles. The highest BCUT2D eigenvalue weighted by Gasteiger charge is 2.18. The van der Waals surface area contributed by atoms with E-state index in [-0.39, 0.29) is 15.8 Å². The molecule has 4 rings (SSSR count). The summed E-state index contributed by atoms with van der Waals surface area (Å²) in [5.41, 5.74) is 1.43. The summed E-state index contributed by atoms with van der Waals surface area (Å²) in [6.07, 6.45) is 6.03. The summed E-state index contributed by atoms with van der Waals surface area (Å²) in [7, 11) is -3.89. The number of hydrogen-bond acceptors (Lipinski definition) is 7. The number of nitrogens with one attached hydrogen (secondary N) is 2. The first-order chi connectivity index (χ1) is 19.2. The van der Waals surface area contributed by atoms with Crippen molar-refractivity contribution >= 4 is 44.3 Å². The number of sulfonamides is 1. The Labute approximate surface area is 238 Å². The first-order valence-electron chi connectivity index (χ1n) is 12.7. The van der Waals surface area contributed by atoms with Gasteiger partial charge in [0.25, 0.3) is 15.9 Å². The van der Waals surface area contributed by atoms with Crippen LogP contribution in [0.4, 0.5) is 11.5 Å². The summed E-state index contributed by atoms with van der Waals surface area (Å²) in [5, 5.41) is 2.78. The van der Waals surface area contributed by atoms with Crippen LogP contribution in [0.1, 0.15) is 41.1 Å². The molecule has 0 unspecified atom stereocenters. The van der Waals surface area contributed by atoms with Gasteiger partial charge in [0.2, 0.25) is 0 Å². The molecule has 0 aliphatic heterocycles. The van der Waals surface area contributed by atoms with E-state index in [1.807, 2.05) is 30.6 Å². The van der Waals surface area contributed by atoms with Crippen molar-refractivity contribution in [2.45, 2.75) is 49.4 Å². The molecule has 2 aromatic carbocycles. The fourth-order valence-corrected chi connectivity index (χ4v) is 5.85. The lowest BCUT2D eigenvalue weighted by atomic mass is 10.2. The lowest BCUT2D eigenvalue weighted by molar-refractivity contribution is -0.697. The SMILES string of the molecule is Cc1cc(NS(=O)(=O)c2ccc(NC(=O)c3ccccc3SC(=O)CCCC[n+]3ccccc3)cc2)nc(C)n1. The van der Waals surface area contributed by atoms with E-state index >= 15 is 0 Å². The maximum absolute atomic E-state index is 13.0. The van der Waals surface area contributed by atoms with Crippen LogP contribution in [0.15, 0.2) is 95.0 Å². The molecular weight excluding hydrogens is 546 g/mol. The number of rotatable bonds is 11. The fraction of sp³-hybridized carbons (Fsp3) is 0.207. The summed E-state index contributed by atoms with van der Waals surface area (Å²) in [6, 6.07) is 20.2. The number of nitrogens with zero attached hydrogens (tertiary/aromatic N) is 3. The van der Waals surface area contributed by atoms with E-state index in [0.29, 0.717) is 34.1 Å². The zero-order chi connectivity index (χ0) is 28.5. The van der Waals surface area contributed by atoms with Crippen molar-refractivity contribution in [2.75, 3.05) is 10.0 Å². The summed E-state index contributed by atoms with van der Waals surface area (Å²) >= 11 is 1.06. The molecule has 40 heavy (non-hydrogen) atoms. The van der Waals surface area contributed by atoms with Gasteiger partial charge in [-0.15, -0.1) is 0 Å². The molecule has 0 aliphatic rings. The molecule has 206 valence electrons. The Morgan fingerprint density at radius 3 is 2.35 bits per heavy atom. The standard InChI is InChI=1S/C29H29N5O4S2/c1-21-20-27(31-22(2)30-21)33-40(37,38)24-15-13-23(14-16-24)32-29(36)25-10-4-5-11-26(25)39-28(35)12-6-9-19-34-17-7-3-8-18-34/h3-5,7-8,10-11,13-18,20H,6,9,12,19H2,1-2H3,(H-,30,31,32,33,36)/p+1. The van der Waals surface area contributed by atoms with Crippen LogP contribution < -0.4 is 14.6 Å². The van der Waals surface area contributed by atoms with Crippen LogP contribution in [-0.4, -0.2) is 29.4 Å². The predicted molar refractivity (Wildman–Crippen MR) is 155 cm³/mol. The molecule has 4 aromatic rings. The summed E-state index contributed by atoms with van der Waals surface area (Å²) in [4.78, 5) is 34.5. The van der Waals surface area contributed by atoms with E-state index in [1.54, 1.807) is 44.2 Å². The van der Waals surface area contributed by atoms with Gasteiger partial charge < -0.3 is 5.32 Å². The highest BCUT2D eigenvalue weighted by atomic mass is 32.2. The van der Waals surface area contributed by atoms with Crippen LogP contribution in [0.3, 0.4) is 0 Å². The quantitative estimate of drug-likeness (QED) is 0.148. The Bertz CT molecular complexity index is 1570. The summed E-state index contributed by atoms with van der Waals surface area (Å²) in [5.74, 6) is 0.247. The molecule has 9 nitrogen and oxygen atoms in total. The van der Waals surface area contributed by atoms with Crippen LogP contribution in [0.5, 0.6) is 0 Å². The monoisotopic (exact) mass is 576 g/mol. The number of unbranched alkanes of at least 4 members (excludes halogenated alkanes) is 1. The van der Waals surface area contributed by atoms with Crippen molar-refractivity contribution in [3.63, 3.8) is 0 Å². The predicted octanol–water partition coefficient (Wildman–Crippen LogP) is 4.92. The molecule has 0 fully saturated rings. The molecule has 0 spiro atoms. The van der Waals surface area contributed by atoms with Gasteiger partial charge in [0.1, 0.15) is 18.2 Å². The minimum atomic E-state index is -3.89. The molecular formula is C29H30N5O4S2+. The van der Waals surface area contributed by atoms with Crippen LogP contribution in [0, 0.1) is 13.8 Å². The van der Waals surface area contributed by atoms with Crippen molar-refractivity contribution < 1.29 is 22.6 Å².